The number of nitrogens with two attached hydrogens (primary N) is 1. The van der Waals surface area contributed by atoms with Crippen LogP contribution in [0.4, 0.5) is 0 Å². The van der Waals surface area contributed by atoms with Crippen LogP contribution in [0.3, 0.4) is 0 Å². The zero-order valence-corrected chi connectivity index (χ0v) is 12.8. The number of aryl methyl sites for hydroxylation is 1. The van der Waals surface area contributed by atoms with Crippen molar-refractivity contribution in [3.63, 3.8) is 0 Å². The second-order valence-corrected chi connectivity index (χ2v) is 6.20. The number of hydrogen-bond acceptors (Lipinski definition) is 3. The number of nitrogens with zero attached hydrogens (tertiary/aromatic N) is 1. The predicted molar refractivity (Wildman–Crippen MR) is 79.1 cm³/mol. The number of rotatable bonds is 4. The van der Waals surface area contributed by atoms with Crippen molar-refractivity contribution in [3.05, 3.63) is 23.7 Å². The highest BCUT2D eigenvalue weighted by Gasteiger charge is 2.30. The Labute approximate surface area is 121 Å². The van der Waals surface area contributed by atoms with Crippen LogP contribution >= 0.6 is 0 Å². The highest BCUT2D eigenvalue weighted by molar-refractivity contribution is 5.79. The van der Waals surface area contributed by atoms with Crippen LogP contribution in [0.25, 0.3) is 0 Å². The van der Waals surface area contributed by atoms with Crippen LogP contribution in [0.2, 0.25) is 0 Å². The quantitative estimate of drug-likeness (QED) is 0.921. The lowest BCUT2D eigenvalue weighted by Gasteiger charge is -2.33. The zero-order chi connectivity index (χ0) is 14.7. The SMILES string of the molecule is Cc1ccc(CN(C(=O)C2CCCC(N)C2)C(C)C)o1. The van der Waals surface area contributed by atoms with Crippen LogP contribution < -0.4 is 5.73 Å². The maximum atomic E-state index is 12.7. The summed E-state index contributed by atoms with van der Waals surface area (Å²) in [5, 5.41) is 0. The minimum atomic E-state index is 0.0807. The van der Waals surface area contributed by atoms with Gasteiger partial charge in [0.2, 0.25) is 5.91 Å². The molecule has 112 valence electrons. The fraction of sp³-hybridized carbons (Fsp3) is 0.688. The van der Waals surface area contributed by atoms with Gasteiger partial charge < -0.3 is 15.1 Å². The van der Waals surface area contributed by atoms with Crippen LogP contribution in [0, 0.1) is 12.8 Å². The summed E-state index contributed by atoms with van der Waals surface area (Å²) in [7, 11) is 0. The highest BCUT2D eigenvalue weighted by Crippen LogP contribution is 2.26. The van der Waals surface area contributed by atoms with Gasteiger partial charge in [0.05, 0.1) is 6.54 Å². The van der Waals surface area contributed by atoms with E-state index in [0.717, 1.165) is 37.2 Å². The molecule has 4 heteroatoms. The number of carbonyl (C=O) groups is 1. The molecule has 0 spiro atoms. The molecule has 0 bridgehead atoms. The maximum Gasteiger partial charge on any atom is 0.226 e. The van der Waals surface area contributed by atoms with Crippen molar-refractivity contribution in [1.82, 2.24) is 4.90 Å². The van der Waals surface area contributed by atoms with Gasteiger partial charge in [0.15, 0.2) is 0 Å². The van der Waals surface area contributed by atoms with Crippen molar-refractivity contribution in [3.8, 4) is 0 Å². The molecule has 1 aliphatic carbocycles. The van der Waals surface area contributed by atoms with E-state index >= 15 is 0 Å². The molecule has 2 rings (SSSR count). The zero-order valence-electron chi connectivity index (χ0n) is 12.8. The molecule has 1 aliphatic rings. The normalized spacial score (nSPS) is 23.1. The van der Waals surface area contributed by atoms with Gasteiger partial charge in [-0.25, -0.2) is 0 Å². The summed E-state index contributed by atoms with van der Waals surface area (Å²) in [6, 6.07) is 4.24. The van der Waals surface area contributed by atoms with Crippen molar-refractivity contribution in [2.24, 2.45) is 11.7 Å². The molecule has 1 aromatic heterocycles. The first kappa shape index (κ1) is 15.1. The lowest BCUT2D eigenvalue weighted by molar-refractivity contribution is -0.139. The van der Waals surface area contributed by atoms with Gasteiger partial charge >= 0.3 is 0 Å². The first-order valence-corrected chi connectivity index (χ1v) is 7.58. The highest BCUT2D eigenvalue weighted by atomic mass is 16.3. The van der Waals surface area contributed by atoms with Gasteiger partial charge in [0, 0.05) is 18.0 Å². The summed E-state index contributed by atoms with van der Waals surface area (Å²) < 4.78 is 5.60. The first-order valence-electron chi connectivity index (χ1n) is 7.58. The molecule has 2 unspecified atom stereocenters. The summed E-state index contributed by atoms with van der Waals surface area (Å²) in [6.07, 6.45) is 3.89. The molecular weight excluding hydrogens is 252 g/mol. The predicted octanol–water partition coefficient (Wildman–Crippen LogP) is 2.84. The molecule has 0 saturated heterocycles. The molecule has 1 heterocycles. The fourth-order valence-electron chi connectivity index (χ4n) is 2.94. The Morgan fingerprint density at radius 2 is 2.20 bits per heavy atom. The summed E-state index contributed by atoms with van der Waals surface area (Å²) in [5.41, 5.74) is 6.01. The van der Waals surface area contributed by atoms with Crippen LogP contribution in [0.1, 0.15) is 51.1 Å². The minimum Gasteiger partial charge on any atom is -0.464 e. The molecule has 0 aliphatic heterocycles. The lowest BCUT2D eigenvalue weighted by atomic mass is 9.85. The standard InChI is InChI=1S/C16H26N2O2/c1-11(2)18(10-15-8-7-12(3)20-15)16(19)13-5-4-6-14(17)9-13/h7-8,11,13-14H,4-6,9-10,17H2,1-3H3. The molecule has 1 amide bonds. The van der Waals surface area contributed by atoms with Gasteiger partial charge in [0.25, 0.3) is 0 Å². The number of amides is 1. The number of furan rings is 1. The molecule has 2 N–H and O–H groups in total. The number of hydrogen-bond donors (Lipinski definition) is 1. The van der Waals surface area contributed by atoms with Crippen LogP contribution in [-0.4, -0.2) is 22.9 Å². The smallest absolute Gasteiger partial charge is 0.226 e. The van der Waals surface area contributed by atoms with Crippen molar-refractivity contribution in [1.29, 1.82) is 0 Å². The number of carbonyl (C=O) groups excluding carboxylic acids is 1. The van der Waals surface area contributed by atoms with E-state index in [1.54, 1.807) is 0 Å². The van der Waals surface area contributed by atoms with E-state index in [-0.39, 0.29) is 23.9 Å². The third kappa shape index (κ3) is 3.63. The van der Waals surface area contributed by atoms with E-state index < -0.39 is 0 Å². The van der Waals surface area contributed by atoms with Crippen molar-refractivity contribution < 1.29 is 9.21 Å². The van der Waals surface area contributed by atoms with Crippen molar-refractivity contribution >= 4 is 5.91 Å². The summed E-state index contributed by atoms with van der Waals surface area (Å²) in [5.74, 6) is 2.04. The summed E-state index contributed by atoms with van der Waals surface area (Å²) in [6.45, 7) is 6.58. The van der Waals surface area contributed by atoms with Crippen LogP contribution in [-0.2, 0) is 11.3 Å². The molecule has 2 atom stereocenters. The van der Waals surface area contributed by atoms with E-state index in [1.807, 2.05) is 24.0 Å². The van der Waals surface area contributed by atoms with Gasteiger partial charge in [-0.2, -0.15) is 0 Å². The van der Waals surface area contributed by atoms with Crippen molar-refractivity contribution in [2.45, 2.75) is 65.1 Å². The van der Waals surface area contributed by atoms with Gasteiger partial charge in [-0.1, -0.05) is 6.42 Å². The van der Waals surface area contributed by atoms with Crippen LogP contribution in [0.15, 0.2) is 16.5 Å². The van der Waals surface area contributed by atoms with Crippen molar-refractivity contribution in [2.75, 3.05) is 0 Å². The molecule has 0 radical (unpaired) electrons. The Bertz CT molecular complexity index is 453. The fourth-order valence-corrected chi connectivity index (χ4v) is 2.94. The molecule has 1 fully saturated rings. The molecular formula is C16H26N2O2. The average molecular weight is 278 g/mol. The second-order valence-electron chi connectivity index (χ2n) is 6.20. The van der Waals surface area contributed by atoms with Crippen LogP contribution in [0.5, 0.6) is 0 Å². The van der Waals surface area contributed by atoms with E-state index in [9.17, 15) is 4.79 Å². The Kier molecular flexibility index (Phi) is 4.86. The Morgan fingerprint density at radius 1 is 1.45 bits per heavy atom. The molecule has 0 aromatic carbocycles. The molecule has 4 nitrogen and oxygen atoms in total. The Morgan fingerprint density at radius 3 is 2.75 bits per heavy atom. The summed E-state index contributed by atoms with van der Waals surface area (Å²) >= 11 is 0. The Balaban J connectivity index is 2.05. The maximum absolute atomic E-state index is 12.7. The van der Waals surface area contributed by atoms with E-state index in [1.165, 1.54) is 0 Å². The van der Waals surface area contributed by atoms with E-state index in [0.29, 0.717) is 6.54 Å². The molecule has 20 heavy (non-hydrogen) atoms. The second kappa shape index (κ2) is 6.44. The summed E-state index contributed by atoms with van der Waals surface area (Å²) in [4.78, 5) is 14.6. The Hall–Kier alpha value is -1.29. The van der Waals surface area contributed by atoms with Gasteiger partial charge in [-0.05, 0) is 52.2 Å². The molecule has 1 saturated carbocycles. The first-order chi connectivity index (χ1) is 9.47. The van der Waals surface area contributed by atoms with Gasteiger partial charge in [-0.15, -0.1) is 0 Å². The van der Waals surface area contributed by atoms with Gasteiger partial charge in [0.1, 0.15) is 11.5 Å². The van der Waals surface area contributed by atoms with E-state index in [4.69, 9.17) is 10.2 Å². The van der Waals surface area contributed by atoms with E-state index in [2.05, 4.69) is 13.8 Å². The third-order valence-corrected chi connectivity index (χ3v) is 4.09. The molecule has 1 aromatic rings. The topological polar surface area (TPSA) is 59.5 Å². The monoisotopic (exact) mass is 278 g/mol. The average Bonchev–Trinajstić information content (AvgIpc) is 2.80. The largest absolute Gasteiger partial charge is 0.464 e. The van der Waals surface area contributed by atoms with Gasteiger partial charge in [-0.3, -0.25) is 4.79 Å². The lowest BCUT2D eigenvalue weighted by Crippen LogP contribution is -2.43. The minimum absolute atomic E-state index is 0.0807. The third-order valence-electron chi connectivity index (χ3n) is 4.09.